The smallest absolute Gasteiger partial charge is 0.312 e. The van der Waals surface area contributed by atoms with E-state index in [1.807, 2.05) is 33.3 Å². The van der Waals surface area contributed by atoms with Gasteiger partial charge in [0.2, 0.25) is 5.79 Å². The number of aryl methyl sites for hydroxylation is 2. The Balaban J connectivity index is 1.66. The number of rotatable bonds is 5. The maximum atomic E-state index is 12.3. The fourth-order valence-electron chi connectivity index (χ4n) is 3.01. The summed E-state index contributed by atoms with van der Waals surface area (Å²) in [6, 6.07) is 1.85. The summed E-state index contributed by atoms with van der Waals surface area (Å²) in [5.74, 6) is -0.352. The van der Waals surface area contributed by atoms with Gasteiger partial charge in [-0.2, -0.15) is 10.2 Å². The fraction of sp³-hybridized carbons (Fsp3) is 0.278. The number of aromatic nitrogens is 5. The predicted octanol–water partition coefficient (Wildman–Crippen LogP) is 0.704. The largest absolute Gasteiger partial charge is 0.441 e. The summed E-state index contributed by atoms with van der Waals surface area (Å²) >= 11 is 0. The average Bonchev–Trinajstić information content (AvgIpc) is 3.42. The molecule has 0 saturated heterocycles. The third kappa shape index (κ3) is 3.74. The van der Waals surface area contributed by atoms with Gasteiger partial charge in [-0.05, 0) is 18.6 Å². The van der Waals surface area contributed by atoms with E-state index in [2.05, 4.69) is 31.1 Å². The lowest BCUT2D eigenvalue weighted by Crippen LogP contribution is -2.54. The first-order valence-electron chi connectivity index (χ1n) is 8.94. The molecule has 3 N–H and O–H groups in total. The van der Waals surface area contributed by atoms with E-state index in [1.54, 1.807) is 27.8 Å². The molecule has 0 aliphatic carbocycles. The molecule has 0 fully saturated rings. The summed E-state index contributed by atoms with van der Waals surface area (Å²) in [6.07, 6.45) is 10.1. The second kappa shape index (κ2) is 7.26. The molecule has 3 aromatic rings. The lowest BCUT2D eigenvalue weighted by atomic mass is 10.1. The van der Waals surface area contributed by atoms with Crippen molar-refractivity contribution >= 4 is 17.6 Å². The van der Waals surface area contributed by atoms with Crippen LogP contribution in [0.15, 0.2) is 52.6 Å². The molecule has 11 heteroatoms. The lowest BCUT2D eigenvalue weighted by molar-refractivity contribution is 0.0943. The molecule has 0 radical (unpaired) electrons. The van der Waals surface area contributed by atoms with E-state index in [0.717, 1.165) is 17.1 Å². The first kappa shape index (κ1) is 18.5. The summed E-state index contributed by atoms with van der Waals surface area (Å²) in [4.78, 5) is 20.9. The number of carbonyl (C=O) groups excluding carboxylic acids is 1. The van der Waals surface area contributed by atoms with Gasteiger partial charge in [0.15, 0.2) is 0 Å². The molecule has 1 unspecified atom stereocenters. The molecule has 0 saturated carbocycles. The van der Waals surface area contributed by atoms with Crippen molar-refractivity contribution in [2.45, 2.75) is 19.1 Å². The van der Waals surface area contributed by atoms with Crippen LogP contribution >= 0.6 is 0 Å². The molecule has 1 aliphatic rings. The zero-order valence-corrected chi connectivity index (χ0v) is 16.2. The Hall–Kier alpha value is -3.89. The van der Waals surface area contributed by atoms with Gasteiger partial charge in [0.1, 0.15) is 17.9 Å². The molecule has 150 valence electrons. The van der Waals surface area contributed by atoms with Gasteiger partial charge in [0.05, 0.1) is 18.6 Å². The molecule has 1 aliphatic heterocycles. The SMILES string of the molecule is Cc1c(CC2(Nc3ccnn3C)N=C(NC(=O)c3ncco3)C=CN2)cnn1C. The van der Waals surface area contributed by atoms with Crippen LogP contribution in [0.5, 0.6) is 0 Å². The van der Waals surface area contributed by atoms with Crippen molar-refractivity contribution in [3.8, 4) is 0 Å². The lowest BCUT2D eigenvalue weighted by Gasteiger charge is -2.34. The highest BCUT2D eigenvalue weighted by Gasteiger charge is 2.33. The number of carbonyl (C=O) groups is 1. The summed E-state index contributed by atoms with van der Waals surface area (Å²) in [5.41, 5.74) is 2.03. The van der Waals surface area contributed by atoms with Crippen molar-refractivity contribution < 1.29 is 9.21 Å². The minimum absolute atomic E-state index is 0.0343. The van der Waals surface area contributed by atoms with E-state index in [0.29, 0.717) is 12.3 Å². The summed E-state index contributed by atoms with van der Waals surface area (Å²) in [7, 11) is 3.72. The Kier molecular flexibility index (Phi) is 4.63. The topological polar surface area (TPSA) is 127 Å². The first-order chi connectivity index (χ1) is 14.0. The number of amidine groups is 1. The van der Waals surface area contributed by atoms with Crippen molar-refractivity contribution in [2.75, 3.05) is 5.32 Å². The van der Waals surface area contributed by atoms with Gasteiger partial charge in [-0.15, -0.1) is 0 Å². The molecule has 4 heterocycles. The van der Waals surface area contributed by atoms with Crippen LogP contribution in [0.2, 0.25) is 0 Å². The normalized spacial score (nSPS) is 18.2. The molecular formula is C18H21N9O2. The van der Waals surface area contributed by atoms with E-state index in [9.17, 15) is 4.79 Å². The van der Waals surface area contributed by atoms with Crippen LogP contribution in [0.3, 0.4) is 0 Å². The third-order valence-electron chi connectivity index (χ3n) is 4.68. The minimum atomic E-state index is -0.963. The Labute approximate surface area is 166 Å². The average molecular weight is 395 g/mol. The maximum Gasteiger partial charge on any atom is 0.312 e. The van der Waals surface area contributed by atoms with Gasteiger partial charge in [0.25, 0.3) is 5.89 Å². The van der Waals surface area contributed by atoms with Crippen LogP contribution in [-0.2, 0) is 20.5 Å². The van der Waals surface area contributed by atoms with Gasteiger partial charge in [-0.3, -0.25) is 14.2 Å². The van der Waals surface area contributed by atoms with E-state index in [4.69, 9.17) is 9.41 Å². The maximum absolute atomic E-state index is 12.3. The van der Waals surface area contributed by atoms with E-state index in [-0.39, 0.29) is 5.89 Å². The molecule has 1 amide bonds. The Morgan fingerprint density at radius 2 is 2.14 bits per heavy atom. The van der Waals surface area contributed by atoms with Gasteiger partial charge in [-0.25, -0.2) is 9.98 Å². The number of oxazole rings is 1. The van der Waals surface area contributed by atoms with E-state index < -0.39 is 11.7 Å². The Bertz CT molecular complexity index is 1080. The fourth-order valence-corrected chi connectivity index (χ4v) is 3.01. The minimum Gasteiger partial charge on any atom is -0.441 e. The second-order valence-corrected chi connectivity index (χ2v) is 6.65. The number of aliphatic imine (C=N–C) groups is 1. The van der Waals surface area contributed by atoms with Crippen LogP contribution in [-0.4, -0.2) is 42.1 Å². The van der Waals surface area contributed by atoms with Gasteiger partial charge >= 0.3 is 5.91 Å². The summed E-state index contributed by atoms with van der Waals surface area (Å²) in [6.45, 7) is 1.99. The first-order valence-corrected chi connectivity index (χ1v) is 8.94. The van der Waals surface area contributed by atoms with Crippen LogP contribution < -0.4 is 16.0 Å². The number of hydrogen-bond donors (Lipinski definition) is 3. The number of anilines is 1. The molecule has 29 heavy (non-hydrogen) atoms. The van der Waals surface area contributed by atoms with Crippen molar-refractivity contribution in [1.82, 2.24) is 35.2 Å². The summed E-state index contributed by atoms with van der Waals surface area (Å²) < 4.78 is 8.56. The number of hydrogen-bond acceptors (Lipinski definition) is 8. The second-order valence-electron chi connectivity index (χ2n) is 6.65. The number of nitrogens with one attached hydrogen (secondary N) is 3. The predicted molar refractivity (Wildman–Crippen MR) is 105 cm³/mol. The quantitative estimate of drug-likeness (QED) is 0.580. The number of nitrogens with zero attached hydrogens (tertiary/aromatic N) is 6. The zero-order chi connectivity index (χ0) is 20.4. The van der Waals surface area contributed by atoms with E-state index in [1.165, 1.54) is 12.5 Å². The van der Waals surface area contributed by atoms with Gasteiger partial charge in [-0.1, -0.05) is 0 Å². The Morgan fingerprint density at radius 1 is 1.28 bits per heavy atom. The zero-order valence-electron chi connectivity index (χ0n) is 16.2. The van der Waals surface area contributed by atoms with Crippen molar-refractivity contribution in [1.29, 1.82) is 0 Å². The van der Waals surface area contributed by atoms with Crippen LogP contribution in [0.1, 0.15) is 21.9 Å². The molecule has 0 aromatic carbocycles. The van der Waals surface area contributed by atoms with Crippen molar-refractivity contribution in [3.05, 3.63) is 60.3 Å². The highest BCUT2D eigenvalue weighted by molar-refractivity contribution is 6.08. The molecular weight excluding hydrogens is 374 g/mol. The van der Waals surface area contributed by atoms with Crippen molar-refractivity contribution in [3.63, 3.8) is 0 Å². The highest BCUT2D eigenvalue weighted by atomic mass is 16.3. The van der Waals surface area contributed by atoms with Gasteiger partial charge < -0.3 is 20.4 Å². The van der Waals surface area contributed by atoms with Crippen LogP contribution in [0.25, 0.3) is 0 Å². The molecule has 1 atom stereocenters. The third-order valence-corrected chi connectivity index (χ3v) is 4.68. The van der Waals surface area contributed by atoms with E-state index >= 15 is 0 Å². The molecule has 4 rings (SSSR count). The highest BCUT2D eigenvalue weighted by Crippen LogP contribution is 2.23. The van der Waals surface area contributed by atoms with Crippen LogP contribution in [0.4, 0.5) is 5.82 Å². The molecule has 0 bridgehead atoms. The standard InChI is InChI=1S/C18H21N9O2/c1-12-13(11-22-26(12)2)10-18(25-15-5-7-21-27(15)3)20-6-4-14(24-18)23-16(28)17-19-8-9-29-17/h4-9,11,20,25H,10H2,1-3H3,(H,23,24,28). The number of amides is 1. The summed E-state index contributed by atoms with van der Waals surface area (Å²) in [5, 5.41) is 17.9. The molecule has 0 spiro atoms. The molecule has 3 aromatic heterocycles. The molecule has 11 nitrogen and oxygen atoms in total. The van der Waals surface area contributed by atoms with Crippen molar-refractivity contribution in [2.24, 2.45) is 19.1 Å². The Morgan fingerprint density at radius 3 is 2.79 bits per heavy atom. The van der Waals surface area contributed by atoms with Gasteiger partial charge in [0, 0.05) is 38.5 Å². The monoisotopic (exact) mass is 395 g/mol. The van der Waals surface area contributed by atoms with Crippen LogP contribution in [0, 0.1) is 6.92 Å².